The summed E-state index contributed by atoms with van der Waals surface area (Å²) in [5.74, 6) is 0.234. The standard InChI is InChI=1S/C24H28N4O5S/c1-16-5-4-6-18-13-19(24(30)26-23(16)18)15-28(10-9-25-17(2)29)34(31,32)20-7-8-21-22(14-20)33-12-11-27(21)3/h4-8,13-14H,9-12,15H2,1-3H3,(H,25,29)(H,26,30). The van der Waals surface area contributed by atoms with Gasteiger partial charge >= 0.3 is 0 Å². The van der Waals surface area contributed by atoms with E-state index in [2.05, 4.69) is 10.3 Å². The Balaban J connectivity index is 1.71. The molecule has 4 rings (SSSR count). The number of hydrogen-bond donors (Lipinski definition) is 2. The van der Waals surface area contributed by atoms with Crippen LogP contribution >= 0.6 is 0 Å². The first-order valence-corrected chi connectivity index (χ1v) is 12.4. The molecular formula is C24H28N4O5S. The lowest BCUT2D eigenvalue weighted by Crippen LogP contribution is -2.39. The molecule has 3 aromatic rings. The summed E-state index contributed by atoms with van der Waals surface area (Å²) >= 11 is 0. The predicted molar refractivity (Wildman–Crippen MR) is 131 cm³/mol. The van der Waals surface area contributed by atoms with Crippen LogP contribution in [0.15, 0.2) is 52.2 Å². The first kappa shape index (κ1) is 23.8. The van der Waals surface area contributed by atoms with Gasteiger partial charge in [-0.3, -0.25) is 9.59 Å². The third-order valence-electron chi connectivity index (χ3n) is 5.91. The largest absolute Gasteiger partial charge is 0.490 e. The highest BCUT2D eigenvalue weighted by Gasteiger charge is 2.28. The second-order valence-electron chi connectivity index (χ2n) is 8.38. The molecule has 1 amide bonds. The average molecular weight is 485 g/mol. The maximum atomic E-state index is 13.6. The second-order valence-corrected chi connectivity index (χ2v) is 10.3. The smallest absolute Gasteiger partial charge is 0.252 e. The maximum Gasteiger partial charge on any atom is 0.252 e. The monoisotopic (exact) mass is 484 g/mol. The van der Waals surface area contributed by atoms with Crippen LogP contribution in [0.2, 0.25) is 0 Å². The zero-order valence-electron chi connectivity index (χ0n) is 19.4. The Labute approximate surface area is 198 Å². The van der Waals surface area contributed by atoms with Crippen molar-refractivity contribution in [3.05, 3.63) is 63.9 Å². The molecule has 0 fully saturated rings. The Hall–Kier alpha value is -3.37. The molecule has 2 N–H and O–H groups in total. The molecule has 9 nitrogen and oxygen atoms in total. The number of nitrogens with zero attached hydrogens (tertiary/aromatic N) is 2. The van der Waals surface area contributed by atoms with E-state index < -0.39 is 10.0 Å². The summed E-state index contributed by atoms with van der Waals surface area (Å²) in [6, 6.07) is 12.1. The third kappa shape index (κ3) is 4.78. The molecule has 1 aromatic heterocycles. The number of H-pyrrole nitrogens is 1. The Morgan fingerprint density at radius 3 is 2.79 bits per heavy atom. The fraction of sp³-hybridized carbons (Fsp3) is 0.333. The number of sulfonamides is 1. The van der Waals surface area contributed by atoms with Crippen LogP contribution in [0.25, 0.3) is 10.9 Å². The number of likely N-dealkylation sites (N-methyl/N-ethyl adjacent to an activating group) is 1. The van der Waals surface area contributed by atoms with E-state index in [1.54, 1.807) is 18.2 Å². The molecule has 2 aromatic carbocycles. The van der Waals surface area contributed by atoms with Crippen molar-refractivity contribution in [1.82, 2.24) is 14.6 Å². The number of carbonyl (C=O) groups excluding carboxylic acids is 1. The highest BCUT2D eigenvalue weighted by Crippen LogP contribution is 2.34. The van der Waals surface area contributed by atoms with Gasteiger partial charge in [0.25, 0.3) is 5.56 Å². The van der Waals surface area contributed by atoms with E-state index in [0.717, 1.165) is 22.2 Å². The summed E-state index contributed by atoms with van der Waals surface area (Å²) in [6.07, 6.45) is 0. The lowest BCUT2D eigenvalue weighted by molar-refractivity contribution is -0.118. The van der Waals surface area contributed by atoms with E-state index in [-0.39, 0.29) is 36.0 Å². The maximum absolute atomic E-state index is 13.6. The number of amides is 1. The molecule has 0 aliphatic carbocycles. The fourth-order valence-corrected chi connectivity index (χ4v) is 5.46. The van der Waals surface area contributed by atoms with Gasteiger partial charge in [0.05, 0.1) is 22.6 Å². The lowest BCUT2D eigenvalue weighted by Gasteiger charge is -2.28. The number of carbonyl (C=O) groups is 1. The summed E-state index contributed by atoms with van der Waals surface area (Å²) in [4.78, 5) is 29.1. The number of benzene rings is 2. The van der Waals surface area contributed by atoms with Crippen LogP contribution in [-0.2, 0) is 21.4 Å². The topological polar surface area (TPSA) is 112 Å². The number of nitrogens with one attached hydrogen (secondary N) is 2. The van der Waals surface area contributed by atoms with E-state index in [1.807, 2.05) is 37.1 Å². The van der Waals surface area contributed by atoms with Crippen molar-refractivity contribution in [2.24, 2.45) is 0 Å². The fourth-order valence-electron chi connectivity index (χ4n) is 4.02. The van der Waals surface area contributed by atoms with Gasteiger partial charge < -0.3 is 19.9 Å². The molecule has 34 heavy (non-hydrogen) atoms. The lowest BCUT2D eigenvalue weighted by atomic mass is 10.1. The van der Waals surface area contributed by atoms with Gasteiger partial charge in [-0.1, -0.05) is 18.2 Å². The van der Waals surface area contributed by atoms with Crippen LogP contribution in [0.4, 0.5) is 5.69 Å². The highest BCUT2D eigenvalue weighted by molar-refractivity contribution is 7.89. The van der Waals surface area contributed by atoms with Crippen molar-refractivity contribution in [3.8, 4) is 5.75 Å². The van der Waals surface area contributed by atoms with Crippen LogP contribution < -0.4 is 20.5 Å². The van der Waals surface area contributed by atoms with Crippen LogP contribution in [0.1, 0.15) is 18.1 Å². The minimum absolute atomic E-state index is 0.00501. The number of pyridine rings is 1. The second kappa shape index (κ2) is 9.47. The van der Waals surface area contributed by atoms with Crippen LogP contribution in [0, 0.1) is 6.92 Å². The quantitative estimate of drug-likeness (QED) is 0.531. The number of ether oxygens (including phenoxy) is 1. The number of aromatic amines is 1. The van der Waals surface area contributed by atoms with E-state index >= 15 is 0 Å². The van der Waals surface area contributed by atoms with Gasteiger partial charge in [0.15, 0.2) is 0 Å². The molecule has 0 atom stereocenters. The van der Waals surface area contributed by atoms with Gasteiger partial charge in [-0.15, -0.1) is 0 Å². The Morgan fingerprint density at radius 2 is 2.03 bits per heavy atom. The molecule has 0 bridgehead atoms. The number of para-hydroxylation sites is 1. The minimum Gasteiger partial charge on any atom is -0.490 e. The van der Waals surface area contributed by atoms with Gasteiger partial charge in [0.2, 0.25) is 15.9 Å². The van der Waals surface area contributed by atoms with E-state index in [0.29, 0.717) is 24.5 Å². The summed E-state index contributed by atoms with van der Waals surface area (Å²) < 4.78 is 34.2. The van der Waals surface area contributed by atoms with Gasteiger partial charge in [-0.2, -0.15) is 4.31 Å². The van der Waals surface area contributed by atoms with Crippen molar-refractivity contribution < 1.29 is 17.9 Å². The molecule has 1 aliphatic heterocycles. The Kier molecular flexibility index (Phi) is 6.63. The molecule has 0 spiro atoms. The number of fused-ring (bicyclic) bond motifs is 2. The summed E-state index contributed by atoms with van der Waals surface area (Å²) in [7, 11) is -2.08. The van der Waals surface area contributed by atoms with Crippen LogP contribution in [0.3, 0.4) is 0 Å². The normalized spacial score (nSPS) is 13.6. The average Bonchev–Trinajstić information content (AvgIpc) is 2.79. The molecular weight excluding hydrogens is 456 g/mol. The van der Waals surface area contributed by atoms with Gasteiger partial charge in [-0.25, -0.2) is 8.42 Å². The van der Waals surface area contributed by atoms with Crippen LogP contribution in [0.5, 0.6) is 5.75 Å². The van der Waals surface area contributed by atoms with Crippen molar-refractivity contribution >= 4 is 32.5 Å². The zero-order chi connectivity index (χ0) is 24.5. The molecule has 2 heterocycles. The molecule has 1 aliphatic rings. The number of aromatic nitrogens is 1. The van der Waals surface area contributed by atoms with E-state index in [1.165, 1.54) is 17.3 Å². The summed E-state index contributed by atoms with van der Waals surface area (Å²) in [5, 5.41) is 3.45. The molecule has 10 heteroatoms. The molecule has 0 saturated heterocycles. The first-order chi connectivity index (χ1) is 16.2. The number of anilines is 1. The van der Waals surface area contributed by atoms with Crippen molar-refractivity contribution in [1.29, 1.82) is 0 Å². The predicted octanol–water partition coefficient (Wildman–Crippen LogP) is 1.99. The first-order valence-electron chi connectivity index (χ1n) is 11.0. The minimum atomic E-state index is -4.00. The SMILES string of the molecule is CC(=O)NCCN(Cc1cc2cccc(C)c2[nH]c1=O)S(=O)(=O)c1ccc2c(c1)OCCN2C. The molecule has 0 saturated carbocycles. The molecule has 0 unspecified atom stereocenters. The number of hydrogen-bond acceptors (Lipinski definition) is 6. The van der Waals surface area contributed by atoms with Gasteiger partial charge in [0, 0.05) is 45.2 Å². The van der Waals surface area contributed by atoms with Crippen LogP contribution in [-0.4, -0.2) is 56.9 Å². The van der Waals surface area contributed by atoms with Crippen molar-refractivity contribution in [2.45, 2.75) is 25.3 Å². The van der Waals surface area contributed by atoms with Gasteiger partial charge in [0.1, 0.15) is 12.4 Å². The highest BCUT2D eigenvalue weighted by atomic mass is 32.2. The Bertz CT molecular complexity index is 1400. The van der Waals surface area contributed by atoms with Crippen molar-refractivity contribution in [3.63, 3.8) is 0 Å². The third-order valence-corrected chi connectivity index (χ3v) is 7.75. The molecule has 180 valence electrons. The summed E-state index contributed by atoms with van der Waals surface area (Å²) in [6.45, 7) is 4.43. The number of aryl methyl sites for hydroxylation is 1. The summed E-state index contributed by atoms with van der Waals surface area (Å²) in [5.41, 5.74) is 2.43. The number of rotatable bonds is 7. The van der Waals surface area contributed by atoms with Gasteiger partial charge in [-0.05, 0) is 36.1 Å². The van der Waals surface area contributed by atoms with E-state index in [4.69, 9.17) is 4.74 Å². The van der Waals surface area contributed by atoms with Crippen molar-refractivity contribution in [2.75, 3.05) is 38.2 Å². The van der Waals surface area contributed by atoms with E-state index in [9.17, 15) is 18.0 Å². The zero-order valence-corrected chi connectivity index (χ0v) is 20.2. The Morgan fingerprint density at radius 1 is 1.24 bits per heavy atom. The molecule has 0 radical (unpaired) electrons.